The van der Waals surface area contributed by atoms with Crippen molar-refractivity contribution in [3.8, 4) is 0 Å². The van der Waals surface area contributed by atoms with Crippen LogP contribution in [-0.4, -0.2) is 36.5 Å². The number of hydrogen-bond acceptors (Lipinski definition) is 2. The fourth-order valence-electron chi connectivity index (χ4n) is 1.95. The minimum atomic E-state index is -1.16. The van der Waals surface area contributed by atoms with Crippen molar-refractivity contribution in [3.05, 3.63) is 35.1 Å². The topological polar surface area (TPSA) is 32.3 Å². The van der Waals surface area contributed by atoms with Gasteiger partial charge in [0.05, 0.1) is 6.04 Å². The van der Waals surface area contributed by atoms with E-state index >= 15 is 0 Å². The second-order valence-corrected chi connectivity index (χ2v) is 4.15. The average molecular weight is 258 g/mol. The van der Waals surface area contributed by atoms with E-state index in [0.717, 1.165) is 0 Å². The number of likely N-dealkylation sites (N-methyl/N-ethyl adjacent to an activating group) is 1. The van der Waals surface area contributed by atoms with Crippen molar-refractivity contribution in [2.75, 3.05) is 19.6 Å². The predicted octanol–water partition coefficient (Wildman–Crippen LogP) is 1.54. The lowest BCUT2D eigenvalue weighted by Gasteiger charge is -2.37. The monoisotopic (exact) mass is 258 g/mol. The van der Waals surface area contributed by atoms with Crippen molar-refractivity contribution < 1.29 is 18.0 Å². The van der Waals surface area contributed by atoms with Gasteiger partial charge >= 0.3 is 0 Å². The van der Waals surface area contributed by atoms with Gasteiger partial charge in [0.15, 0.2) is 0 Å². The Morgan fingerprint density at radius 1 is 1.33 bits per heavy atom. The molecule has 1 amide bonds. The van der Waals surface area contributed by atoms with E-state index in [0.29, 0.717) is 31.8 Å². The van der Waals surface area contributed by atoms with E-state index in [1.54, 1.807) is 6.92 Å². The molecule has 3 nitrogen and oxygen atoms in total. The normalized spacial score (nSPS) is 15.3. The zero-order valence-electron chi connectivity index (χ0n) is 9.84. The van der Waals surface area contributed by atoms with Crippen LogP contribution in [0.25, 0.3) is 0 Å². The van der Waals surface area contributed by atoms with Gasteiger partial charge in [-0.2, -0.15) is 0 Å². The van der Waals surface area contributed by atoms with Gasteiger partial charge in [0, 0.05) is 31.8 Å². The van der Waals surface area contributed by atoms with E-state index in [-0.39, 0.29) is 6.04 Å². The van der Waals surface area contributed by atoms with Gasteiger partial charge in [0.1, 0.15) is 23.0 Å². The summed E-state index contributed by atoms with van der Waals surface area (Å²) in [4.78, 5) is 13.4. The SMILES string of the molecule is CCN(C(=O)c1c(F)cc(F)cc1F)C1CNC1. The highest BCUT2D eigenvalue weighted by atomic mass is 19.1. The van der Waals surface area contributed by atoms with E-state index < -0.39 is 28.9 Å². The molecule has 18 heavy (non-hydrogen) atoms. The van der Waals surface area contributed by atoms with E-state index in [2.05, 4.69) is 5.32 Å². The molecule has 0 saturated carbocycles. The zero-order chi connectivity index (χ0) is 13.3. The van der Waals surface area contributed by atoms with Crippen molar-refractivity contribution >= 4 is 5.91 Å². The molecule has 0 aliphatic carbocycles. The van der Waals surface area contributed by atoms with Crippen LogP contribution >= 0.6 is 0 Å². The van der Waals surface area contributed by atoms with E-state index in [4.69, 9.17) is 0 Å². The van der Waals surface area contributed by atoms with Crippen LogP contribution in [0.5, 0.6) is 0 Å². The lowest BCUT2D eigenvalue weighted by atomic mass is 10.1. The number of nitrogens with one attached hydrogen (secondary N) is 1. The molecule has 2 rings (SSSR count). The van der Waals surface area contributed by atoms with Gasteiger partial charge in [0.2, 0.25) is 0 Å². The summed E-state index contributed by atoms with van der Waals surface area (Å²) in [6.07, 6.45) is 0. The fourth-order valence-corrected chi connectivity index (χ4v) is 1.95. The van der Waals surface area contributed by atoms with Gasteiger partial charge in [-0.1, -0.05) is 0 Å². The van der Waals surface area contributed by atoms with Crippen LogP contribution in [0.3, 0.4) is 0 Å². The van der Waals surface area contributed by atoms with Gasteiger partial charge in [-0.15, -0.1) is 0 Å². The summed E-state index contributed by atoms with van der Waals surface area (Å²) in [5.41, 5.74) is -0.690. The Labute approximate surface area is 103 Å². The van der Waals surface area contributed by atoms with Crippen LogP contribution < -0.4 is 5.32 Å². The van der Waals surface area contributed by atoms with Gasteiger partial charge in [-0.3, -0.25) is 4.79 Å². The Hall–Kier alpha value is -1.56. The Morgan fingerprint density at radius 3 is 2.28 bits per heavy atom. The number of hydrogen-bond donors (Lipinski definition) is 1. The summed E-state index contributed by atoms with van der Waals surface area (Å²) < 4.78 is 39.8. The zero-order valence-corrected chi connectivity index (χ0v) is 9.84. The number of carbonyl (C=O) groups is 1. The molecule has 98 valence electrons. The van der Waals surface area contributed by atoms with Crippen LogP contribution in [-0.2, 0) is 0 Å². The van der Waals surface area contributed by atoms with Gasteiger partial charge < -0.3 is 10.2 Å². The maximum atomic E-state index is 13.5. The number of amides is 1. The molecule has 0 aromatic heterocycles. The molecule has 0 unspecified atom stereocenters. The molecule has 0 radical (unpaired) electrons. The van der Waals surface area contributed by atoms with E-state index in [1.165, 1.54) is 4.90 Å². The summed E-state index contributed by atoms with van der Waals surface area (Å²) in [5.74, 6) is -4.10. The molecule has 1 aromatic carbocycles. The second kappa shape index (κ2) is 4.97. The van der Waals surface area contributed by atoms with Gasteiger partial charge in [-0.25, -0.2) is 13.2 Å². The molecule has 1 aliphatic rings. The standard InChI is InChI=1S/C12H13F3N2O/c1-2-17(8-5-16-6-8)12(18)11-9(14)3-7(13)4-10(11)15/h3-4,8,16H,2,5-6H2,1H3. The van der Waals surface area contributed by atoms with E-state index in [9.17, 15) is 18.0 Å². The van der Waals surface area contributed by atoms with Crippen molar-refractivity contribution in [2.45, 2.75) is 13.0 Å². The summed E-state index contributed by atoms with van der Waals surface area (Å²) in [7, 11) is 0. The molecular formula is C12H13F3N2O. The smallest absolute Gasteiger partial charge is 0.260 e. The van der Waals surface area contributed by atoms with Crippen molar-refractivity contribution in [1.29, 1.82) is 0 Å². The number of carbonyl (C=O) groups excluding carboxylic acids is 1. The summed E-state index contributed by atoms with van der Waals surface area (Å²) in [6, 6.07) is 0.971. The summed E-state index contributed by atoms with van der Waals surface area (Å²) >= 11 is 0. The first-order chi connectivity index (χ1) is 8.54. The number of halogens is 3. The van der Waals surface area contributed by atoms with E-state index in [1.807, 2.05) is 0 Å². The minimum absolute atomic E-state index is 0.0636. The number of benzene rings is 1. The average Bonchev–Trinajstić information content (AvgIpc) is 2.21. The Balaban J connectivity index is 2.32. The van der Waals surface area contributed by atoms with Crippen LogP contribution in [0.2, 0.25) is 0 Å². The predicted molar refractivity (Wildman–Crippen MR) is 59.7 cm³/mol. The maximum Gasteiger partial charge on any atom is 0.260 e. The lowest BCUT2D eigenvalue weighted by Crippen LogP contribution is -2.59. The molecule has 1 fully saturated rings. The number of rotatable bonds is 3. The number of nitrogens with zero attached hydrogens (tertiary/aromatic N) is 1. The highest BCUT2D eigenvalue weighted by molar-refractivity contribution is 5.95. The largest absolute Gasteiger partial charge is 0.333 e. The molecule has 0 atom stereocenters. The molecule has 0 spiro atoms. The lowest BCUT2D eigenvalue weighted by molar-refractivity contribution is 0.0620. The first-order valence-electron chi connectivity index (χ1n) is 5.70. The highest BCUT2D eigenvalue weighted by Crippen LogP contribution is 2.19. The summed E-state index contributed by atoms with van der Waals surface area (Å²) in [6.45, 7) is 3.28. The maximum absolute atomic E-state index is 13.5. The minimum Gasteiger partial charge on any atom is -0.333 e. The van der Waals surface area contributed by atoms with Crippen LogP contribution in [0, 0.1) is 17.5 Å². The van der Waals surface area contributed by atoms with Crippen LogP contribution in [0.1, 0.15) is 17.3 Å². The molecule has 1 aliphatic heterocycles. The highest BCUT2D eigenvalue weighted by Gasteiger charge is 2.31. The third-order valence-corrected chi connectivity index (χ3v) is 3.02. The van der Waals surface area contributed by atoms with Crippen LogP contribution in [0.15, 0.2) is 12.1 Å². The third-order valence-electron chi connectivity index (χ3n) is 3.02. The fraction of sp³-hybridized carbons (Fsp3) is 0.417. The third kappa shape index (κ3) is 2.20. The summed E-state index contributed by atoms with van der Waals surface area (Å²) in [5, 5.41) is 2.98. The molecule has 1 saturated heterocycles. The Kier molecular flexibility index (Phi) is 3.56. The van der Waals surface area contributed by atoms with Gasteiger partial charge in [0.25, 0.3) is 5.91 Å². The van der Waals surface area contributed by atoms with Gasteiger partial charge in [-0.05, 0) is 6.92 Å². The molecule has 6 heteroatoms. The molecule has 1 heterocycles. The molecule has 1 N–H and O–H groups in total. The first-order valence-corrected chi connectivity index (χ1v) is 5.70. The quantitative estimate of drug-likeness (QED) is 0.892. The second-order valence-electron chi connectivity index (χ2n) is 4.15. The van der Waals surface area contributed by atoms with Crippen molar-refractivity contribution in [1.82, 2.24) is 10.2 Å². The molecule has 0 bridgehead atoms. The molecule has 1 aromatic rings. The van der Waals surface area contributed by atoms with Crippen LogP contribution in [0.4, 0.5) is 13.2 Å². The van der Waals surface area contributed by atoms with Crippen molar-refractivity contribution in [3.63, 3.8) is 0 Å². The first kappa shape index (κ1) is 12.9. The molecular weight excluding hydrogens is 245 g/mol. The Bertz CT molecular complexity index is 451. The Morgan fingerprint density at radius 2 is 1.89 bits per heavy atom. The van der Waals surface area contributed by atoms with Crippen molar-refractivity contribution in [2.24, 2.45) is 0 Å².